The molecule has 1 atom stereocenters. The fraction of sp³-hybridized carbons (Fsp3) is 0.889. The van der Waals surface area contributed by atoms with Crippen LogP contribution in [0.5, 0.6) is 0 Å². The van der Waals surface area contributed by atoms with Crippen molar-refractivity contribution in [3.8, 4) is 0 Å². The lowest BCUT2D eigenvalue weighted by atomic mass is 9.84. The topological polar surface area (TPSA) is 17.1 Å². The number of aldehydes is 1. The Morgan fingerprint density at radius 2 is 2.00 bits per heavy atom. The third-order valence-electron chi connectivity index (χ3n) is 2.19. The lowest BCUT2D eigenvalue weighted by Crippen LogP contribution is -2.16. The van der Waals surface area contributed by atoms with Crippen molar-refractivity contribution >= 4 is 6.29 Å². The van der Waals surface area contributed by atoms with E-state index >= 15 is 0 Å². The predicted molar refractivity (Wildman–Crippen MR) is 44.0 cm³/mol. The summed E-state index contributed by atoms with van der Waals surface area (Å²) in [6, 6.07) is 0. The molecule has 0 aliphatic rings. The predicted octanol–water partition coefficient (Wildman–Crippen LogP) is 2.79. The van der Waals surface area contributed by atoms with E-state index in [1.807, 2.05) is 6.92 Å². The highest BCUT2D eigenvalue weighted by Gasteiger charge is 2.19. The quantitative estimate of drug-likeness (QED) is 0.539. The van der Waals surface area contributed by atoms with Gasteiger partial charge in [0, 0.05) is 5.41 Å². The maximum absolute atomic E-state index is 10.6. The molecule has 0 fully saturated rings. The van der Waals surface area contributed by atoms with Crippen molar-refractivity contribution in [1.82, 2.24) is 0 Å². The molecule has 1 nitrogen and oxygen atoms in total. The summed E-state index contributed by atoms with van der Waals surface area (Å²) in [7, 11) is 0. The standard InChI is InChI=1S/C9H18O/c1-4-6-7-9(3,5-2)8-10/h8H,4-7H2,1-3H3. The molecule has 0 bridgehead atoms. The fourth-order valence-electron chi connectivity index (χ4n) is 0.900. The van der Waals surface area contributed by atoms with E-state index in [2.05, 4.69) is 13.8 Å². The van der Waals surface area contributed by atoms with Crippen molar-refractivity contribution in [2.24, 2.45) is 5.41 Å². The number of unbranched alkanes of at least 4 members (excludes halogenated alkanes) is 1. The average Bonchev–Trinajstić information content (AvgIpc) is 2.00. The summed E-state index contributed by atoms with van der Waals surface area (Å²) in [5, 5.41) is 0. The van der Waals surface area contributed by atoms with Gasteiger partial charge in [0.05, 0.1) is 0 Å². The van der Waals surface area contributed by atoms with Crippen molar-refractivity contribution in [2.75, 3.05) is 0 Å². The summed E-state index contributed by atoms with van der Waals surface area (Å²) in [5.74, 6) is 0. The molecule has 0 heterocycles. The summed E-state index contributed by atoms with van der Waals surface area (Å²) in [6.45, 7) is 6.26. The average molecular weight is 142 g/mol. The van der Waals surface area contributed by atoms with Gasteiger partial charge >= 0.3 is 0 Å². The van der Waals surface area contributed by atoms with Crippen LogP contribution in [0.15, 0.2) is 0 Å². The Morgan fingerprint density at radius 1 is 1.40 bits per heavy atom. The molecule has 0 aromatic carbocycles. The lowest BCUT2D eigenvalue weighted by Gasteiger charge is -2.19. The van der Waals surface area contributed by atoms with Gasteiger partial charge in [-0.25, -0.2) is 0 Å². The Labute approximate surface area is 63.8 Å². The summed E-state index contributed by atoms with van der Waals surface area (Å²) in [4.78, 5) is 10.6. The maximum Gasteiger partial charge on any atom is 0.125 e. The molecule has 0 spiro atoms. The number of hydrogen-bond acceptors (Lipinski definition) is 1. The molecule has 0 saturated heterocycles. The monoisotopic (exact) mass is 142 g/mol. The molecular weight excluding hydrogens is 124 g/mol. The largest absolute Gasteiger partial charge is 0.303 e. The fourth-order valence-corrected chi connectivity index (χ4v) is 0.900. The van der Waals surface area contributed by atoms with Gasteiger partial charge in [0.15, 0.2) is 0 Å². The second kappa shape index (κ2) is 4.48. The summed E-state index contributed by atoms with van der Waals surface area (Å²) >= 11 is 0. The third-order valence-corrected chi connectivity index (χ3v) is 2.19. The Bertz CT molecular complexity index is 98.9. The Morgan fingerprint density at radius 3 is 2.30 bits per heavy atom. The number of carbonyl (C=O) groups excluding carboxylic acids is 1. The van der Waals surface area contributed by atoms with Crippen LogP contribution in [0.2, 0.25) is 0 Å². The van der Waals surface area contributed by atoms with Gasteiger partial charge in [0.1, 0.15) is 6.29 Å². The summed E-state index contributed by atoms with van der Waals surface area (Å²) in [5.41, 5.74) is -0.0456. The zero-order chi connectivity index (χ0) is 8.04. The Kier molecular flexibility index (Phi) is 4.33. The first-order valence-electron chi connectivity index (χ1n) is 4.15. The van der Waals surface area contributed by atoms with Crippen LogP contribution in [0, 0.1) is 5.41 Å². The molecule has 0 amide bonds. The maximum atomic E-state index is 10.6. The van der Waals surface area contributed by atoms with Gasteiger partial charge in [0.2, 0.25) is 0 Å². The molecule has 60 valence electrons. The van der Waals surface area contributed by atoms with E-state index in [1.165, 1.54) is 12.8 Å². The summed E-state index contributed by atoms with van der Waals surface area (Å²) in [6.07, 6.45) is 5.47. The van der Waals surface area contributed by atoms with Gasteiger partial charge in [-0.2, -0.15) is 0 Å². The van der Waals surface area contributed by atoms with Crippen LogP contribution in [0.1, 0.15) is 46.5 Å². The molecule has 0 aromatic heterocycles. The van der Waals surface area contributed by atoms with Gasteiger partial charge in [-0.15, -0.1) is 0 Å². The first-order valence-corrected chi connectivity index (χ1v) is 4.15. The minimum Gasteiger partial charge on any atom is -0.303 e. The number of hydrogen-bond donors (Lipinski definition) is 0. The van der Waals surface area contributed by atoms with Crippen LogP contribution in [-0.4, -0.2) is 6.29 Å². The van der Waals surface area contributed by atoms with Gasteiger partial charge in [-0.05, 0) is 12.8 Å². The molecule has 10 heavy (non-hydrogen) atoms. The Hall–Kier alpha value is -0.330. The molecule has 0 N–H and O–H groups in total. The lowest BCUT2D eigenvalue weighted by molar-refractivity contribution is -0.115. The zero-order valence-corrected chi connectivity index (χ0v) is 7.31. The van der Waals surface area contributed by atoms with Crippen LogP contribution < -0.4 is 0 Å². The van der Waals surface area contributed by atoms with Gasteiger partial charge in [-0.1, -0.05) is 33.6 Å². The second-order valence-corrected chi connectivity index (χ2v) is 3.23. The van der Waals surface area contributed by atoms with Crippen molar-refractivity contribution in [3.63, 3.8) is 0 Å². The molecule has 1 unspecified atom stereocenters. The summed E-state index contributed by atoms with van der Waals surface area (Å²) < 4.78 is 0. The van der Waals surface area contributed by atoms with Gasteiger partial charge in [-0.3, -0.25) is 0 Å². The first-order chi connectivity index (χ1) is 4.68. The number of rotatable bonds is 5. The van der Waals surface area contributed by atoms with Crippen LogP contribution in [-0.2, 0) is 4.79 Å². The van der Waals surface area contributed by atoms with Gasteiger partial charge in [0.25, 0.3) is 0 Å². The molecule has 0 aromatic rings. The van der Waals surface area contributed by atoms with Crippen LogP contribution in [0.4, 0.5) is 0 Å². The smallest absolute Gasteiger partial charge is 0.125 e. The SMILES string of the molecule is CCCCC(C)(C=O)CC. The van der Waals surface area contributed by atoms with E-state index in [-0.39, 0.29) is 5.41 Å². The van der Waals surface area contributed by atoms with E-state index in [9.17, 15) is 4.79 Å². The number of carbonyl (C=O) groups is 1. The van der Waals surface area contributed by atoms with E-state index in [0.717, 1.165) is 19.1 Å². The second-order valence-electron chi connectivity index (χ2n) is 3.23. The van der Waals surface area contributed by atoms with Crippen LogP contribution >= 0.6 is 0 Å². The minimum atomic E-state index is -0.0456. The molecule has 1 heteroatoms. The molecule has 0 rings (SSSR count). The minimum absolute atomic E-state index is 0.0456. The highest BCUT2D eigenvalue weighted by atomic mass is 16.1. The molecule has 0 aliphatic carbocycles. The van der Waals surface area contributed by atoms with Gasteiger partial charge < -0.3 is 4.79 Å². The highest BCUT2D eigenvalue weighted by Crippen LogP contribution is 2.24. The van der Waals surface area contributed by atoms with Crippen molar-refractivity contribution in [3.05, 3.63) is 0 Å². The molecule has 0 saturated carbocycles. The van der Waals surface area contributed by atoms with Crippen molar-refractivity contribution in [2.45, 2.75) is 46.5 Å². The van der Waals surface area contributed by atoms with E-state index < -0.39 is 0 Å². The van der Waals surface area contributed by atoms with E-state index in [4.69, 9.17) is 0 Å². The van der Waals surface area contributed by atoms with E-state index in [1.54, 1.807) is 0 Å². The Balaban J connectivity index is 3.68. The third kappa shape index (κ3) is 3.00. The van der Waals surface area contributed by atoms with E-state index in [0.29, 0.717) is 0 Å². The van der Waals surface area contributed by atoms with Crippen LogP contribution in [0.3, 0.4) is 0 Å². The molecular formula is C9H18O. The van der Waals surface area contributed by atoms with Crippen molar-refractivity contribution in [1.29, 1.82) is 0 Å². The molecule has 0 radical (unpaired) electrons. The van der Waals surface area contributed by atoms with Crippen LogP contribution in [0.25, 0.3) is 0 Å². The normalized spacial score (nSPS) is 16.3. The highest BCUT2D eigenvalue weighted by molar-refractivity contribution is 5.58. The first kappa shape index (κ1) is 9.67. The van der Waals surface area contributed by atoms with Crippen molar-refractivity contribution < 1.29 is 4.79 Å². The molecule has 0 aliphatic heterocycles. The zero-order valence-electron chi connectivity index (χ0n) is 7.31.